The maximum Gasteiger partial charge on any atom is 0.263 e. The van der Waals surface area contributed by atoms with Crippen LogP contribution in [0.15, 0.2) is 54.7 Å². The predicted molar refractivity (Wildman–Crippen MR) is 126 cm³/mol. The standard InChI is InChI=1S/C26H32N4O3/c1-20(33-21-7-3-2-4-8-21)24(31)29-13-10-26(11-14-29)19-22(26)25(32)30-17-15-28(16-18-30)23-9-5-6-12-27-23/h2-9,12,20,22H,10-11,13-19H2,1H3/t20-,22+/m0/s1. The first kappa shape index (κ1) is 21.7. The second-order valence-electron chi connectivity index (χ2n) is 9.52. The van der Waals surface area contributed by atoms with Crippen LogP contribution in [0, 0.1) is 11.3 Å². The number of hydrogen-bond donors (Lipinski definition) is 0. The van der Waals surface area contributed by atoms with Gasteiger partial charge in [-0.1, -0.05) is 24.3 Å². The number of aromatic nitrogens is 1. The van der Waals surface area contributed by atoms with Crippen molar-refractivity contribution >= 4 is 17.6 Å². The van der Waals surface area contributed by atoms with E-state index in [0.29, 0.717) is 24.7 Å². The fraction of sp³-hybridized carbons (Fsp3) is 0.500. The van der Waals surface area contributed by atoms with Gasteiger partial charge in [0.15, 0.2) is 6.10 Å². The van der Waals surface area contributed by atoms with Crippen LogP contribution in [0.4, 0.5) is 5.82 Å². The van der Waals surface area contributed by atoms with Crippen molar-refractivity contribution in [3.8, 4) is 5.75 Å². The maximum absolute atomic E-state index is 13.2. The molecule has 2 saturated heterocycles. The van der Waals surface area contributed by atoms with E-state index >= 15 is 0 Å². The van der Waals surface area contributed by atoms with E-state index in [9.17, 15) is 9.59 Å². The normalized spacial score (nSPS) is 22.7. The van der Waals surface area contributed by atoms with E-state index < -0.39 is 6.10 Å². The first-order valence-electron chi connectivity index (χ1n) is 12.0. The predicted octanol–water partition coefficient (Wildman–Crippen LogP) is 2.83. The number of piperidine rings is 1. The molecule has 1 spiro atoms. The highest BCUT2D eigenvalue weighted by Gasteiger charge is 2.59. The summed E-state index contributed by atoms with van der Waals surface area (Å²) in [5, 5.41) is 0. The number of likely N-dealkylation sites (tertiary alicyclic amines) is 1. The maximum atomic E-state index is 13.2. The summed E-state index contributed by atoms with van der Waals surface area (Å²) in [6.45, 7) is 6.38. The number of carbonyl (C=O) groups excluding carboxylic acids is 2. The van der Waals surface area contributed by atoms with Crippen LogP contribution in [-0.2, 0) is 9.59 Å². The van der Waals surface area contributed by atoms with Crippen molar-refractivity contribution in [2.75, 3.05) is 44.2 Å². The molecule has 0 N–H and O–H groups in total. The Balaban J connectivity index is 1.09. The van der Waals surface area contributed by atoms with E-state index in [0.717, 1.165) is 51.3 Å². The van der Waals surface area contributed by atoms with Gasteiger partial charge in [-0.3, -0.25) is 9.59 Å². The van der Waals surface area contributed by atoms with Gasteiger partial charge in [0.1, 0.15) is 11.6 Å². The van der Waals surface area contributed by atoms with Crippen LogP contribution in [0.5, 0.6) is 5.75 Å². The Bertz CT molecular complexity index is 968. The van der Waals surface area contributed by atoms with Gasteiger partial charge in [0.05, 0.1) is 0 Å². The molecule has 3 heterocycles. The monoisotopic (exact) mass is 448 g/mol. The first-order valence-corrected chi connectivity index (χ1v) is 12.0. The number of piperazine rings is 1. The molecule has 2 aromatic rings. The minimum atomic E-state index is -0.506. The molecule has 0 unspecified atom stereocenters. The number of hydrogen-bond acceptors (Lipinski definition) is 5. The molecule has 0 bridgehead atoms. The minimum absolute atomic E-state index is 0.0304. The molecule has 5 rings (SSSR count). The van der Waals surface area contributed by atoms with E-state index in [1.165, 1.54) is 0 Å². The molecule has 1 aromatic heterocycles. The largest absolute Gasteiger partial charge is 0.481 e. The highest BCUT2D eigenvalue weighted by atomic mass is 16.5. The minimum Gasteiger partial charge on any atom is -0.481 e. The zero-order valence-electron chi connectivity index (χ0n) is 19.2. The van der Waals surface area contributed by atoms with Crippen molar-refractivity contribution in [2.24, 2.45) is 11.3 Å². The summed E-state index contributed by atoms with van der Waals surface area (Å²) in [7, 11) is 0. The number of rotatable bonds is 5. The SMILES string of the molecule is C[C@H](Oc1ccccc1)C(=O)N1CCC2(CC1)C[C@@H]2C(=O)N1CCN(c2ccccn2)CC1. The molecule has 3 aliphatic rings. The molecule has 1 aliphatic carbocycles. The van der Waals surface area contributed by atoms with Crippen molar-refractivity contribution in [1.29, 1.82) is 0 Å². The third-order valence-corrected chi connectivity index (χ3v) is 7.53. The van der Waals surface area contributed by atoms with Crippen LogP contribution in [0.25, 0.3) is 0 Å². The molecule has 174 valence electrons. The second kappa shape index (κ2) is 9.04. The second-order valence-corrected chi connectivity index (χ2v) is 9.52. The van der Waals surface area contributed by atoms with Crippen molar-refractivity contribution in [3.05, 3.63) is 54.7 Å². The van der Waals surface area contributed by atoms with Gasteiger partial charge in [-0.05, 0) is 55.9 Å². The van der Waals surface area contributed by atoms with Crippen molar-refractivity contribution in [2.45, 2.75) is 32.3 Å². The molecule has 2 aliphatic heterocycles. The Kier molecular flexibility index (Phi) is 5.96. The number of benzene rings is 1. The quantitative estimate of drug-likeness (QED) is 0.704. The Hall–Kier alpha value is -3.09. The Morgan fingerprint density at radius 3 is 2.30 bits per heavy atom. The highest BCUT2D eigenvalue weighted by molar-refractivity contribution is 5.84. The Morgan fingerprint density at radius 2 is 1.64 bits per heavy atom. The van der Waals surface area contributed by atoms with Gasteiger partial charge in [0.25, 0.3) is 5.91 Å². The van der Waals surface area contributed by atoms with Crippen molar-refractivity contribution in [3.63, 3.8) is 0 Å². The van der Waals surface area contributed by atoms with Gasteiger partial charge < -0.3 is 19.4 Å². The molecular formula is C26H32N4O3. The first-order chi connectivity index (χ1) is 16.1. The summed E-state index contributed by atoms with van der Waals surface area (Å²) in [6.07, 6.45) is 4.08. The molecular weight excluding hydrogens is 416 g/mol. The topological polar surface area (TPSA) is 66.0 Å². The van der Waals surface area contributed by atoms with Gasteiger partial charge in [-0.2, -0.15) is 0 Å². The molecule has 2 amide bonds. The summed E-state index contributed by atoms with van der Waals surface area (Å²) in [6, 6.07) is 15.4. The van der Waals surface area contributed by atoms with Crippen LogP contribution in [0.3, 0.4) is 0 Å². The van der Waals surface area contributed by atoms with Gasteiger partial charge in [-0.15, -0.1) is 0 Å². The summed E-state index contributed by atoms with van der Waals surface area (Å²) in [5.74, 6) is 2.14. The van der Waals surface area contributed by atoms with Crippen molar-refractivity contribution in [1.82, 2.24) is 14.8 Å². The Morgan fingerprint density at radius 1 is 0.939 bits per heavy atom. The van der Waals surface area contributed by atoms with Gasteiger partial charge >= 0.3 is 0 Å². The fourth-order valence-electron chi connectivity index (χ4n) is 5.35. The molecule has 1 saturated carbocycles. The van der Waals surface area contributed by atoms with Crippen LogP contribution in [-0.4, -0.2) is 72.0 Å². The van der Waals surface area contributed by atoms with Crippen LogP contribution >= 0.6 is 0 Å². The third-order valence-electron chi connectivity index (χ3n) is 7.53. The smallest absolute Gasteiger partial charge is 0.263 e. The number of anilines is 1. The lowest BCUT2D eigenvalue weighted by Crippen LogP contribution is -2.50. The molecule has 7 heteroatoms. The summed E-state index contributed by atoms with van der Waals surface area (Å²) < 4.78 is 5.82. The van der Waals surface area contributed by atoms with Crippen molar-refractivity contribution < 1.29 is 14.3 Å². The van der Waals surface area contributed by atoms with Gasteiger partial charge in [0, 0.05) is 51.4 Å². The Labute approximate surface area is 195 Å². The number of para-hydroxylation sites is 1. The van der Waals surface area contributed by atoms with E-state index in [4.69, 9.17) is 4.74 Å². The van der Waals surface area contributed by atoms with Gasteiger partial charge in [0.2, 0.25) is 5.91 Å². The summed E-state index contributed by atoms with van der Waals surface area (Å²) in [4.78, 5) is 36.7. The number of pyridine rings is 1. The number of nitrogens with zero attached hydrogens (tertiary/aromatic N) is 4. The lowest BCUT2D eigenvalue weighted by molar-refractivity contribution is -0.140. The fourth-order valence-corrected chi connectivity index (χ4v) is 5.35. The van der Waals surface area contributed by atoms with E-state index in [2.05, 4.69) is 9.88 Å². The number of carbonyl (C=O) groups is 2. The zero-order chi connectivity index (χ0) is 22.8. The molecule has 2 atom stereocenters. The lowest BCUT2D eigenvalue weighted by atomic mass is 9.90. The average Bonchev–Trinajstić information content (AvgIpc) is 3.57. The summed E-state index contributed by atoms with van der Waals surface area (Å²) >= 11 is 0. The van der Waals surface area contributed by atoms with Crippen LogP contribution in [0.1, 0.15) is 26.2 Å². The molecule has 3 fully saturated rings. The summed E-state index contributed by atoms with van der Waals surface area (Å²) in [5.41, 5.74) is 0.0928. The zero-order valence-corrected chi connectivity index (χ0v) is 19.2. The third kappa shape index (κ3) is 4.54. The van der Waals surface area contributed by atoms with Gasteiger partial charge in [-0.25, -0.2) is 4.98 Å². The molecule has 7 nitrogen and oxygen atoms in total. The number of ether oxygens (including phenoxy) is 1. The average molecular weight is 449 g/mol. The molecule has 33 heavy (non-hydrogen) atoms. The van der Waals surface area contributed by atoms with Crippen LogP contribution in [0.2, 0.25) is 0 Å². The van der Waals surface area contributed by atoms with E-state index in [1.807, 2.05) is 71.5 Å². The number of amides is 2. The van der Waals surface area contributed by atoms with Crippen LogP contribution < -0.4 is 9.64 Å². The molecule has 1 aromatic carbocycles. The van der Waals surface area contributed by atoms with E-state index in [-0.39, 0.29) is 17.2 Å². The highest BCUT2D eigenvalue weighted by Crippen LogP contribution is 2.60. The van der Waals surface area contributed by atoms with E-state index in [1.54, 1.807) is 0 Å². The lowest BCUT2D eigenvalue weighted by Gasteiger charge is -2.37. The molecule has 0 radical (unpaired) electrons.